The maximum Gasteiger partial charge on any atom is 0.223 e. The highest BCUT2D eigenvalue weighted by atomic mass is 32.2. The summed E-state index contributed by atoms with van der Waals surface area (Å²) in [6, 6.07) is 16.3. The molecular formula is C27H27F2NO4S. The molecule has 0 spiro atoms. The van der Waals surface area contributed by atoms with E-state index < -0.39 is 39.1 Å². The molecule has 0 heterocycles. The number of rotatable bonds is 10. The first kappa shape index (κ1) is 26.2. The van der Waals surface area contributed by atoms with Crippen molar-refractivity contribution in [3.63, 3.8) is 0 Å². The topological polar surface area (TPSA) is 80.3 Å². The molecule has 3 aromatic rings. The zero-order chi connectivity index (χ0) is 25.6. The van der Waals surface area contributed by atoms with Gasteiger partial charge in [0, 0.05) is 24.4 Å². The Balaban J connectivity index is 1.53. The minimum Gasteiger partial charge on any atom is -0.356 e. The van der Waals surface area contributed by atoms with Crippen molar-refractivity contribution in [2.24, 2.45) is 5.92 Å². The van der Waals surface area contributed by atoms with Crippen molar-refractivity contribution in [3.8, 4) is 11.1 Å². The standard InChI is InChI=1S/C27H27F2NO4S/c1-18-9-12-21(13-10-18)35(33,34)17-19(2)27(32)30-15-5-8-26(31)23-16-20(11-14-25(23)29)22-6-3-4-7-24(22)28/h3-4,6-7,9-14,16,19H,5,8,15,17H2,1-2H3,(H,30,32)/t19-/m1/s1. The summed E-state index contributed by atoms with van der Waals surface area (Å²) in [7, 11) is -3.62. The van der Waals surface area contributed by atoms with E-state index in [0.717, 1.165) is 11.6 Å². The number of nitrogens with one attached hydrogen (secondary N) is 1. The fourth-order valence-electron chi connectivity index (χ4n) is 3.62. The molecule has 0 aliphatic carbocycles. The van der Waals surface area contributed by atoms with Gasteiger partial charge in [0.2, 0.25) is 5.91 Å². The van der Waals surface area contributed by atoms with Crippen LogP contribution >= 0.6 is 0 Å². The third-order valence-corrected chi connectivity index (χ3v) is 7.56. The summed E-state index contributed by atoms with van der Waals surface area (Å²) >= 11 is 0. The van der Waals surface area contributed by atoms with E-state index in [9.17, 15) is 26.8 Å². The molecule has 0 bridgehead atoms. The molecule has 1 N–H and O–H groups in total. The van der Waals surface area contributed by atoms with Crippen molar-refractivity contribution in [3.05, 3.63) is 89.5 Å². The van der Waals surface area contributed by atoms with Gasteiger partial charge in [-0.25, -0.2) is 17.2 Å². The summed E-state index contributed by atoms with van der Waals surface area (Å²) < 4.78 is 53.4. The number of halogens is 2. The van der Waals surface area contributed by atoms with Gasteiger partial charge in [-0.3, -0.25) is 9.59 Å². The number of benzene rings is 3. The fraction of sp³-hybridized carbons (Fsp3) is 0.259. The van der Waals surface area contributed by atoms with Crippen LogP contribution in [0.15, 0.2) is 71.6 Å². The van der Waals surface area contributed by atoms with Crippen molar-refractivity contribution < 1.29 is 26.8 Å². The first-order valence-corrected chi connectivity index (χ1v) is 12.9. The molecule has 184 valence electrons. The lowest BCUT2D eigenvalue weighted by molar-refractivity contribution is -0.123. The summed E-state index contributed by atoms with van der Waals surface area (Å²) in [5.74, 6) is -3.21. The molecule has 0 aliphatic rings. The predicted molar refractivity (Wildman–Crippen MR) is 131 cm³/mol. The molecular weight excluding hydrogens is 472 g/mol. The number of carbonyl (C=O) groups excluding carboxylic acids is 2. The van der Waals surface area contributed by atoms with Gasteiger partial charge < -0.3 is 5.32 Å². The Morgan fingerprint density at radius 1 is 0.943 bits per heavy atom. The summed E-state index contributed by atoms with van der Waals surface area (Å²) in [4.78, 5) is 25.1. The molecule has 5 nitrogen and oxygen atoms in total. The smallest absolute Gasteiger partial charge is 0.223 e. The first-order chi connectivity index (χ1) is 16.6. The third kappa shape index (κ3) is 6.82. The van der Waals surface area contributed by atoms with Crippen molar-refractivity contribution in [2.45, 2.75) is 31.6 Å². The number of ketones is 1. The summed E-state index contributed by atoms with van der Waals surface area (Å²) in [5, 5.41) is 2.63. The second-order valence-corrected chi connectivity index (χ2v) is 10.5. The van der Waals surface area contributed by atoms with Crippen molar-refractivity contribution in [1.29, 1.82) is 0 Å². The van der Waals surface area contributed by atoms with Gasteiger partial charge in [-0.1, -0.05) is 48.9 Å². The first-order valence-electron chi connectivity index (χ1n) is 11.2. The average molecular weight is 500 g/mol. The van der Waals surface area contributed by atoms with Gasteiger partial charge in [-0.2, -0.15) is 0 Å². The van der Waals surface area contributed by atoms with Gasteiger partial charge in [0.15, 0.2) is 15.6 Å². The Hall–Kier alpha value is -3.39. The van der Waals surface area contributed by atoms with Crippen LogP contribution in [-0.4, -0.2) is 32.4 Å². The largest absolute Gasteiger partial charge is 0.356 e. The Kier molecular flexibility index (Phi) is 8.51. The van der Waals surface area contributed by atoms with E-state index in [1.165, 1.54) is 37.3 Å². The van der Waals surface area contributed by atoms with Crippen LogP contribution in [0.1, 0.15) is 35.7 Å². The Morgan fingerprint density at radius 2 is 1.63 bits per heavy atom. The van der Waals surface area contributed by atoms with Crippen LogP contribution in [0.5, 0.6) is 0 Å². The number of Topliss-reactive ketones (excluding diaryl/α,β-unsaturated/α-hetero) is 1. The molecule has 0 aromatic heterocycles. The lowest BCUT2D eigenvalue weighted by Gasteiger charge is -2.13. The van der Waals surface area contributed by atoms with Crippen LogP contribution < -0.4 is 5.32 Å². The van der Waals surface area contributed by atoms with Gasteiger partial charge >= 0.3 is 0 Å². The fourth-order valence-corrected chi connectivity index (χ4v) is 5.17. The van der Waals surface area contributed by atoms with Gasteiger partial charge in [-0.05, 0) is 49.2 Å². The lowest BCUT2D eigenvalue weighted by atomic mass is 9.98. The zero-order valence-corrected chi connectivity index (χ0v) is 20.4. The molecule has 0 radical (unpaired) electrons. The second kappa shape index (κ2) is 11.4. The monoisotopic (exact) mass is 499 g/mol. The Bertz CT molecular complexity index is 1320. The van der Waals surface area contributed by atoms with Crippen molar-refractivity contribution in [2.75, 3.05) is 12.3 Å². The molecule has 0 unspecified atom stereocenters. The quantitative estimate of drug-likeness (QED) is 0.310. The number of hydrogen-bond acceptors (Lipinski definition) is 4. The molecule has 3 aromatic carbocycles. The van der Waals surface area contributed by atoms with E-state index in [1.807, 2.05) is 6.92 Å². The van der Waals surface area contributed by atoms with Crippen LogP contribution in [0.4, 0.5) is 8.78 Å². The highest BCUT2D eigenvalue weighted by molar-refractivity contribution is 7.91. The van der Waals surface area contributed by atoms with Gasteiger partial charge in [0.25, 0.3) is 0 Å². The molecule has 0 saturated carbocycles. The Labute approximate surface area is 204 Å². The van der Waals surface area contributed by atoms with Crippen LogP contribution in [0.25, 0.3) is 11.1 Å². The van der Waals surface area contributed by atoms with E-state index >= 15 is 0 Å². The second-order valence-electron chi connectivity index (χ2n) is 8.49. The van der Waals surface area contributed by atoms with Crippen LogP contribution in [0, 0.1) is 24.5 Å². The molecule has 1 amide bonds. The van der Waals surface area contributed by atoms with E-state index in [1.54, 1.807) is 30.3 Å². The molecule has 0 saturated heterocycles. The zero-order valence-electron chi connectivity index (χ0n) is 19.6. The van der Waals surface area contributed by atoms with Gasteiger partial charge in [-0.15, -0.1) is 0 Å². The highest BCUT2D eigenvalue weighted by Crippen LogP contribution is 2.25. The van der Waals surface area contributed by atoms with Crippen LogP contribution in [0.2, 0.25) is 0 Å². The predicted octanol–water partition coefficient (Wildman–Crippen LogP) is 5.13. The average Bonchev–Trinajstić information content (AvgIpc) is 2.82. The normalized spacial score (nSPS) is 12.2. The summed E-state index contributed by atoms with van der Waals surface area (Å²) in [6.07, 6.45) is 0.208. The number of hydrogen-bond donors (Lipinski definition) is 1. The number of amides is 1. The number of sulfone groups is 1. The maximum absolute atomic E-state index is 14.3. The molecule has 0 fully saturated rings. The molecule has 3 rings (SSSR count). The lowest BCUT2D eigenvalue weighted by Crippen LogP contribution is -2.33. The third-order valence-electron chi connectivity index (χ3n) is 5.63. The van der Waals surface area contributed by atoms with E-state index in [2.05, 4.69) is 5.32 Å². The van der Waals surface area contributed by atoms with E-state index in [0.29, 0.717) is 5.56 Å². The minimum absolute atomic E-state index is 0.0338. The summed E-state index contributed by atoms with van der Waals surface area (Å²) in [6.45, 7) is 3.51. The van der Waals surface area contributed by atoms with Crippen LogP contribution in [0.3, 0.4) is 0 Å². The van der Waals surface area contributed by atoms with Crippen molar-refractivity contribution >= 4 is 21.5 Å². The van der Waals surface area contributed by atoms with Gasteiger partial charge in [0.1, 0.15) is 11.6 Å². The minimum atomic E-state index is -3.62. The van der Waals surface area contributed by atoms with Crippen molar-refractivity contribution in [1.82, 2.24) is 5.32 Å². The highest BCUT2D eigenvalue weighted by Gasteiger charge is 2.23. The van der Waals surface area contributed by atoms with Gasteiger partial charge in [0.05, 0.1) is 16.2 Å². The Morgan fingerprint density at radius 3 is 2.31 bits per heavy atom. The summed E-state index contributed by atoms with van der Waals surface area (Å²) in [5.41, 5.74) is 1.45. The number of aryl methyl sites for hydroxylation is 1. The molecule has 1 atom stereocenters. The number of carbonyl (C=O) groups is 2. The van der Waals surface area contributed by atoms with Crippen LogP contribution in [-0.2, 0) is 14.6 Å². The maximum atomic E-state index is 14.3. The molecule has 0 aliphatic heterocycles. The van der Waals surface area contributed by atoms with E-state index in [-0.39, 0.29) is 41.2 Å². The SMILES string of the molecule is Cc1ccc(S(=O)(=O)C[C@@H](C)C(=O)NCCCC(=O)c2cc(-c3ccccc3F)ccc2F)cc1. The van der Waals surface area contributed by atoms with E-state index in [4.69, 9.17) is 0 Å². The molecule has 8 heteroatoms. The molecule has 35 heavy (non-hydrogen) atoms.